The number of carbonyl (C=O) groups excluding carboxylic acids is 1. The lowest BCUT2D eigenvalue weighted by molar-refractivity contribution is -0.128. The van der Waals surface area contributed by atoms with Crippen molar-refractivity contribution in [3.63, 3.8) is 0 Å². The molecule has 4 heterocycles. The highest BCUT2D eigenvalue weighted by Gasteiger charge is 2.36. The summed E-state index contributed by atoms with van der Waals surface area (Å²) in [6.45, 7) is 12.0. The number of pyridine rings is 2. The summed E-state index contributed by atoms with van der Waals surface area (Å²) >= 11 is 19.2. The van der Waals surface area contributed by atoms with Crippen LogP contribution in [0.5, 0.6) is 0 Å². The van der Waals surface area contributed by atoms with Gasteiger partial charge in [0.15, 0.2) is 11.6 Å². The van der Waals surface area contributed by atoms with Crippen molar-refractivity contribution in [2.45, 2.75) is 39.8 Å². The van der Waals surface area contributed by atoms with Gasteiger partial charge in [0.1, 0.15) is 23.0 Å². The zero-order valence-corrected chi connectivity index (χ0v) is 27.7. The van der Waals surface area contributed by atoms with Gasteiger partial charge in [0.2, 0.25) is 5.91 Å². The molecule has 9 nitrogen and oxygen atoms in total. The minimum absolute atomic E-state index is 0.0608. The fourth-order valence-corrected chi connectivity index (χ4v) is 6.89. The molecule has 3 aromatic rings. The monoisotopic (exact) mass is 687 g/mol. The van der Waals surface area contributed by atoms with E-state index in [1.54, 1.807) is 11.1 Å². The normalized spacial score (nSPS) is 19.8. The van der Waals surface area contributed by atoms with Crippen LogP contribution in [0.4, 0.5) is 20.2 Å². The molecule has 1 aromatic carbocycles. The third kappa shape index (κ3) is 5.32. The number of nitrogen functional groups attached to an aromatic ring is 1. The van der Waals surface area contributed by atoms with Crippen molar-refractivity contribution in [1.29, 1.82) is 5.26 Å². The van der Waals surface area contributed by atoms with Crippen LogP contribution in [-0.2, 0) is 4.79 Å². The van der Waals surface area contributed by atoms with Gasteiger partial charge in [-0.25, -0.2) is 13.8 Å². The first-order chi connectivity index (χ1) is 21.7. The van der Waals surface area contributed by atoms with E-state index in [0.29, 0.717) is 17.6 Å². The SMILES string of the molecule is C=CC(=O)N1CCN(c2c(C#N)c(=O)n(C3C(C(C)C)=NC=CC3C)c3nc(-c4c(F)c(N)c(F)c(Cl)c4Cl)c(Cl)cc23)C[C@H]1C. The van der Waals surface area contributed by atoms with Crippen molar-refractivity contribution in [2.24, 2.45) is 16.8 Å². The standard InChI is InChI=1S/C32H30Cl3F2N7O2/c1-6-20(45)43-10-9-42(13-16(43)5)30-17-11-19(33)28(21-22(34)23(35)25(37)26(39)24(21)36)41-31(17)44(32(46)18(30)12-38)29-15(4)7-8-40-27(29)14(2)3/h6-8,11,14-16,29H,1,9-10,13,39H2,2-5H3/t15?,16-,29?/m1/s1. The molecule has 1 saturated heterocycles. The van der Waals surface area contributed by atoms with Crippen molar-refractivity contribution in [3.05, 3.63) is 73.6 Å². The summed E-state index contributed by atoms with van der Waals surface area (Å²) in [5.74, 6) is -3.06. The first-order valence-corrected chi connectivity index (χ1v) is 15.6. The molecule has 2 aromatic heterocycles. The highest BCUT2D eigenvalue weighted by Crippen LogP contribution is 2.45. The number of fused-ring (bicyclic) bond motifs is 1. The Morgan fingerprint density at radius 3 is 2.50 bits per heavy atom. The van der Waals surface area contributed by atoms with Gasteiger partial charge in [0.05, 0.1) is 38.1 Å². The second kappa shape index (κ2) is 12.7. The number of rotatable bonds is 5. The van der Waals surface area contributed by atoms with E-state index >= 15 is 4.39 Å². The van der Waals surface area contributed by atoms with Gasteiger partial charge in [-0.2, -0.15) is 5.26 Å². The van der Waals surface area contributed by atoms with Gasteiger partial charge in [-0.3, -0.25) is 19.1 Å². The van der Waals surface area contributed by atoms with Gasteiger partial charge in [-0.1, -0.05) is 68.2 Å². The highest BCUT2D eigenvalue weighted by molar-refractivity contribution is 6.44. The van der Waals surface area contributed by atoms with Gasteiger partial charge >= 0.3 is 0 Å². The first-order valence-electron chi connectivity index (χ1n) is 14.5. The van der Waals surface area contributed by atoms with Crippen molar-refractivity contribution >= 4 is 68.8 Å². The molecule has 0 bridgehead atoms. The number of aromatic nitrogens is 2. The molecular weight excluding hydrogens is 659 g/mol. The number of hydrogen-bond acceptors (Lipinski definition) is 7. The van der Waals surface area contributed by atoms with Gasteiger partial charge < -0.3 is 15.5 Å². The summed E-state index contributed by atoms with van der Waals surface area (Å²) in [6.07, 6.45) is 4.74. The average Bonchev–Trinajstić information content (AvgIpc) is 3.02. The average molecular weight is 689 g/mol. The molecule has 2 aliphatic rings. The zero-order valence-electron chi connectivity index (χ0n) is 25.4. The number of nitrogens with zero attached hydrogens (tertiary/aromatic N) is 6. The maximum atomic E-state index is 15.6. The minimum atomic E-state index is -1.23. The van der Waals surface area contributed by atoms with Crippen LogP contribution < -0.4 is 16.2 Å². The maximum Gasteiger partial charge on any atom is 0.272 e. The van der Waals surface area contributed by atoms with Crippen molar-refractivity contribution in [2.75, 3.05) is 30.3 Å². The lowest BCUT2D eigenvalue weighted by Gasteiger charge is -2.41. The fourth-order valence-electron chi connectivity index (χ4n) is 6.19. The molecule has 2 unspecified atom stereocenters. The van der Waals surface area contributed by atoms with Gasteiger partial charge in [0, 0.05) is 48.9 Å². The summed E-state index contributed by atoms with van der Waals surface area (Å²) in [5.41, 5.74) is 4.33. The molecule has 0 aliphatic carbocycles. The van der Waals surface area contributed by atoms with Gasteiger partial charge in [0.25, 0.3) is 5.56 Å². The molecule has 3 atom stereocenters. The number of nitriles is 1. The molecule has 1 amide bonds. The number of piperazine rings is 1. The summed E-state index contributed by atoms with van der Waals surface area (Å²) in [6, 6.07) is 2.59. The molecule has 0 spiro atoms. The predicted octanol–water partition coefficient (Wildman–Crippen LogP) is 6.78. The zero-order chi connectivity index (χ0) is 33.8. The lowest BCUT2D eigenvalue weighted by Crippen LogP contribution is -2.54. The van der Waals surface area contributed by atoms with Crippen LogP contribution in [0, 0.1) is 34.8 Å². The second-order valence-electron chi connectivity index (χ2n) is 11.6. The van der Waals surface area contributed by atoms with E-state index in [-0.39, 0.29) is 64.5 Å². The number of hydrogen-bond donors (Lipinski definition) is 1. The number of aliphatic imine (C=N–C) groups is 1. The number of allylic oxidation sites excluding steroid dienone is 1. The molecular formula is C32H30Cl3F2N7O2. The first kappa shape index (κ1) is 33.4. The second-order valence-corrected chi connectivity index (χ2v) is 12.8. The Bertz CT molecular complexity index is 1940. The van der Waals surface area contributed by atoms with Crippen LogP contribution in [-0.4, -0.2) is 51.7 Å². The van der Waals surface area contributed by atoms with Crippen molar-refractivity contribution in [1.82, 2.24) is 14.5 Å². The molecule has 2 N–H and O–H groups in total. The van der Waals surface area contributed by atoms with E-state index in [2.05, 4.69) is 17.6 Å². The molecule has 0 saturated carbocycles. The van der Waals surface area contributed by atoms with E-state index < -0.39 is 44.5 Å². The molecule has 1 fully saturated rings. The predicted molar refractivity (Wildman–Crippen MR) is 179 cm³/mol. The van der Waals surface area contributed by atoms with Gasteiger partial charge in [-0.15, -0.1) is 0 Å². The number of anilines is 2. The third-order valence-electron chi connectivity index (χ3n) is 8.44. The van der Waals surface area contributed by atoms with Crippen LogP contribution in [0.15, 0.2) is 40.8 Å². The van der Waals surface area contributed by atoms with Crippen LogP contribution in [0.3, 0.4) is 0 Å². The Kier molecular flexibility index (Phi) is 9.19. The summed E-state index contributed by atoms with van der Waals surface area (Å²) in [4.78, 5) is 39.7. The minimum Gasteiger partial charge on any atom is -0.394 e. The van der Waals surface area contributed by atoms with Crippen LogP contribution in [0.2, 0.25) is 15.1 Å². The lowest BCUT2D eigenvalue weighted by atomic mass is 9.88. The largest absolute Gasteiger partial charge is 0.394 e. The summed E-state index contributed by atoms with van der Waals surface area (Å²) < 4.78 is 31.5. The van der Waals surface area contributed by atoms with Crippen LogP contribution in [0.1, 0.15) is 39.3 Å². The molecule has 0 radical (unpaired) electrons. The molecule has 2 aliphatic heterocycles. The number of halogens is 5. The maximum absolute atomic E-state index is 15.6. The Hall–Kier alpha value is -3.98. The van der Waals surface area contributed by atoms with Crippen molar-refractivity contribution < 1.29 is 13.6 Å². The number of benzene rings is 1. The summed E-state index contributed by atoms with van der Waals surface area (Å²) in [7, 11) is 0. The van der Waals surface area contributed by atoms with E-state index in [4.69, 9.17) is 45.5 Å². The third-order valence-corrected chi connectivity index (χ3v) is 9.56. The van der Waals surface area contributed by atoms with Crippen molar-refractivity contribution in [3.8, 4) is 17.3 Å². The Morgan fingerprint density at radius 2 is 1.89 bits per heavy atom. The number of amides is 1. The molecule has 240 valence electrons. The highest BCUT2D eigenvalue weighted by atomic mass is 35.5. The molecule has 46 heavy (non-hydrogen) atoms. The molecule has 14 heteroatoms. The Balaban J connectivity index is 1.89. The van der Waals surface area contributed by atoms with Gasteiger partial charge in [-0.05, 0) is 25.0 Å². The Labute approximate surface area is 279 Å². The number of nitrogens with two attached hydrogens (primary N) is 1. The van der Waals surface area contributed by atoms with Crippen LogP contribution in [0.25, 0.3) is 22.3 Å². The molecule has 5 rings (SSSR count). The van der Waals surface area contributed by atoms with E-state index in [9.17, 15) is 19.2 Å². The number of carbonyl (C=O) groups is 1. The quantitative estimate of drug-likeness (QED) is 0.137. The topological polar surface area (TPSA) is 121 Å². The Morgan fingerprint density at radius 1 is 1.20 bits per heavy atom. The fraction of sp³-hybridized carbons (Fsp3) is 0.344. The smallest absolute Gasteiger partial charge is 0.272 e. The van der Waals surface area contributed by atoms with E-state index in [0.717, 1.165) is 0 Å². The summed E-state index contributed by atoms with van der Waals surface area (Å²) in [5, 5.41) is 9.55. The van der Waals surface area contributed by atoms with E-state index in [1.807, 2.05) is 38.7 Å². The van der Waals surface area contributed by atoms with Crippen LogP contribution >= 0.6 is 34.8 Å². The van der Waals surface area contributed by atoms with E-state index in [1.165, 1.54) is 16.7 Å².